The topological polar surface area (TPSA) is 57.3 Å². The van der Waals surface area contributed by atoms with Gasteiger partial charge < -0.3 is 29.4 Å². The van der Waals surface area contributed by atoms with Crippen molar-refractivity contribution in [2.45, 2.75) is 44.9 Å². The van der Waals surface area contributed by atoms with E-state index >= 15 is 0 Å². The number of nitrogens with zero attached hydrogens (tertiary/aromatic N) is 3. The molecule has 3 aromatic rings. The molecule has 0 saturated carbocycles. The number of hydrogen-bond acceptors (Lipinski definition) is 7. The van der Waals surface area contributed by atoms with E-state index in [2.05, 4.69) is 51.2 Å². The van der Waals surface area contributed by atoms with Crippen LogP contribution >= 0.6 is 0 Å². The summed E-state index contributed by atoms with van der Waals surface area (Å²) in [6.07, 6.45) is 2.87. The quantitative estimate of drug-likeness (QED) is 0.218. The second-order valence-corrected chi connectivity index (χ2v) is 11.1. The minimum absolute atomic E-state index is 0.00446. The van der Waals surface area contributed by atoms with Crippen LogP contribution in [0.1, 0.15) is 54.1 Å². The second-order valence-electron chi connectivity index (χ2n) is 11.1. The van der Waals surface area contributed by atoms with Crippen molar-refractivity contribution in [3.63, 3.8) is 0 Å². The number of carbonyl (C=O) groups excluding carboxylic acids is 1. The summed E-state index contributed by atoms with van der Waals surface area (Å²) in [5, 5.41) is 3.50. The lowest BCUT2D eigenvalue weighted by Gasteiger charge is -2.36. The van der Waals surface area contributed by atoms with Crippen LogP contribution in [0.2, 0.25) is 0 Å². The van der Waals surface area contributed by atoms with Gasteiger partial charge in [0.1, 0.15) is 12.1 Å². The molecule has 0 bridgehead atoms. The number of halogens is 1. The Hall–Kier alpha value is -3.46. The van der Waals surface area contributed by atoms with Gasteiger partial charge in [-0.2, -0.15) is 0 Å². The van der Waals surface area contributed by atoms with Gasteiger partial charge >= 0.3 is 0 Å². The first-order valence-electron chi connectivity index (χ1n) is 15.0. The van der Waals surface area contributed by atoms with Gasteiger partial charge in [-0.3, -0.25) is 4.90 Å². The number of benzene rings is 3. The van der Waals surface area contributed by atoms with E-state index < -0.39 is 0 Å². The third-order valence-corrected chi connectivity index (χ3v) is 8.76. The maximum Gasteiger partial charge on any atom is 0.161 e. The molecule has 3 aromatic carbocycles. The van der Waals surface area contributed by atoms with Crippen LogP contribution in [-0.2, 0) is 17.9 Å². The predicted octanol–water partition coefficient (Wildman–Crippen LogP) is 5.35. The summed E-state index contributed by atoms with van der Waals surface area (Å²) in [5.41, 5.74) is 5.78. The van der Waals surface area contributed by atoms with Crippen molar-refractivity contribution in [2.75, 3.05) is 58.4 Å². The smallest absolute Gasteiger partial charge is 0.161 e. The van der Waals surface area contributed by atoms with Crippen molar-refractivity contribution in [3.8, 4) is 11.5 Å². The fourth-order valence-electron chi connectivity index (χ4n) is 6.40. The number of anilines is 1. The van der Waals surface area contributed by atoms with E-state index in [0.29, 0.717) is 24.6 Å². The standard InChI is InChI=1S/C34H43FN4O3/c1-4-37-17-19-38(20-18-37)31-8-5-7-28-29(31)23-39(32(28)24-40)30(26-12-15-33(41-2)34(21-26)42-3)9-6-16-36-22-25-10-13-27(35)14-11-25/h5,7-8,10-15,21,24,30,32,36H,4,6,9,16-20,22-23H2,1-3H3/t30-,32?/m1/s1. The van der Waals surface area contributed by atoms with E-state index in [1.807, 2.05) is 24.3 Å². The fraction of sp³-hybridized carbons (Fsp3) is 0.441. The normalized spacial score (nSPS) is 18.1. The summed E-state index contributed by atoms with van der Waals surface area (Å²) in [6.45, 7) is 9.60. The van der Waals surface area contributed by atoms with Crippen LogP contribution < -0.4 is 19.7 Å². The van der Waals surface area contributed by atoms with Gasteiger partial charge in [-0.05, 0) is 78.5 Å². The van der Waals surface area contributed by atoms with E-state index in [4.69, 9.17) is 9.47 Å². The molecule has 0 aliphatic carbocycles. The fourth-order valence-corrected chi connectivity index (χ4v) is 6.40. The highest BCUT2D eigenvalue weighted by Gasteiger charge is 2.37. The summed E-state index contributed by atoms with van der Waals surface area (Å²) < 4.78 is 24.5. The van der Waals surface area contributed by atoms with Gasteiger partial charge in [-0.25, -0.2) is 4.39 Å². The molecule has 2 heterocycles. The van der Waals surface area contributed by atoms with Crippen molar-refractivity contribution in [3.05, 3.63) is 88.7 Å². The van der Waals surface area contributed by atoms with E-state index in [1.165, 1.54) is 23.4 Å². The summed E-state index contributed by atoms with van der Waals surface area (Å²) in [5.74, 6) is 1.15. The Balaban J connectivity index is 1.37. The molecule has 2 atom stereocenters. The van der Waals surface area contributed by atoms with Gasteiger partial charge in [-0.15, -0.1) is 0 Å². The zero-order valence-corrected chi connectivity index (χ0v) is 25.0. The summed E-state index contributed by atoms with van der Waals surface area (Å²) in [7, 11) is 3.30. The number of aldehydes is 1. The first-order valence-corrected chi connectivity index (χ1v) is 15.0. The number of hydrogen-bond donors (Lipinski definition) is 1. The first kappa shape index (κ1) is 30.0. The average Bonchev–Trinajstić information content (AvgIpc) is 3.41. The number of rotatable bonds is 13. The van der Waals surface area contributed by atoms with Gasteiger partial charge in [0.25, 0.3) is 0 Å². The van der Waals surface area contributed by atoms with E-state index in [0.717, 1.165) is 75.1 Å². The Morgan fingerprint density at radius 1 is 1.00 bits per heavy atom. The maximum absolute atomic E-state index is 13.3. The number of piperazine rings is 1. The third kappa shape index (κ3) is 6.61. The monoisotopic (exact) mass is 574 g/mol. The Bertz CT molecular complexity index is 1330. The Morgan fingerprint density at radius 2 is 1.76 bits per heavy atom. The first-order chi connectivity index (χ1) is 20.6. The zero-order chi connectivity index (χ0) is 29.5. The molecule has 2 aliphatic heterocycles. The van der Waals surface area contributed by atoms with E-state index in [1.54, 1.807) is 14.2 Å². The van der Waals surface area contributed by atoms with Gasteiger partial charge in [0.05, 0.1) is 20.3 Å². The molecule has 1 fully saturated rings. The van der Waals surface area contributed by atoms with Crippen LogP contribution in [0.3, 0.4) is 0 Å². The molecule has 8 heteroatoms. The number of nitrogens with one attached hydrogen (secondary N) is 1. The number of fused-ring (bicyclic) bond motifs is 1. The summed E-state index contributed by atoms with van der Waals surface area (Å²) in [6, 6.07) is 18.8. The molecule has 5 rings (SSSR count). The minimum atomic E-state index is -0.317. The van der Waals surface area contributed by atoms with E-state index in [-0.39, 0.29) is 17.9 Å². The van der Waals surface area contributed by atoms with Crippen LogP contribution in [0, 0.1) is 5.82 Å². The van der Waals surface area contributed by atoms with Crippen LogP contribution in [0.25, 0.3) is 0 Å². The number of likely N-dealkylation sites (N-methyl/N-ethyl adjacent to an activating group) is 1. The highest BCUT2D eigenvalue weighted by atomic mass is 19.1. The SMILES string of the molecule is CCN1CCN(c2cccc3c2CN([C@H](CCCNCc2ccc(F)cc2)c2ccc(OC)c(OC)c2)C3C=O)CC1. The molecule has 7 nitrogen and oxygen atoms in total. The Kier molecular flexibility index (Phi) is 10.1. The maximum atomic E-state index is 13.3. The molecular weight excluding hydrogens is 531 g/mol. The molecule has 2 aliphatic rings. The molecule has 42 heavy (non-hydrogen) atoms. The lowest BCUT2D eigenvalue weighted by Crippen LogP contribution is -2.46. The van der Waals surface area contributed by atoms with Crippen molar-refractivity contribution >= 4 is 12.0 Å². The Labute approximate surface area is 249 Å². The lowest BCUT2D eigenvalue weighted by molar-refractivity contribution is -0.113. The van der Waals surface area contributed by atoms with Crippen molar-refractivity contribution in [1.29, 1.82) is 0 Å². The van der Waals surface area contributed by atoms with Crippen LogP contribution in [0.5, 0.6) is 11.5 Å². The molecule has 1 saturated heterocycles. The molecule has 224 valence electrons. The van der Waals surface area contributed by atoms with Gasteiger partial charge in [0.2, 0.25) is 0 Å². The van der Waals surface area contributed by atoms with Crippen molar-refractivity contribution in [2.24, 2.45) is 0 Å². The lowest BCUT2D eigenvalue weighted by atomic mass is 9.98. The average molecular weight is 575 g/mol. The molecule has 1 N–H and O–H groups in total. The van der Waals surface area contributed by atoms with Gasteiger partial charge in [0, 0.05) is 51.0 Å². The van der Waals surface area contributed by atoms with Crippen LogP contribution in [-0.4, -0.2) is 69.6 Å². The number of methoxy groups -OCH3 is 2. The van der Waals surface area contributed by atoms with Crippen LogP contribution in [0.15, 0.2) is 60.7 Å². The third-order valence-electron chi connectivity index (χ3n) is 8.76. The van der Waals surface area contributed by atoms with Gasteiger partial charge in [-0.1, -0.05) is 37.3 Å². The number of carbonyl (C=O) groups is 1. The molecular formula is C34H43FN4O3. The molecule has 0 radical (unpaired) electrons. The van der Waals surface area contributed by atoms with E-state index in [9.17, 15) is 9.18 Å². The molecule has 0 aromatic heterocycles. The zero-order valence-electron chi connectivity index (χ0n) is 25.0. The van der Waals surface area contributed by atoms with Crippen molar-refractivity contribution in [1.82, 2.24) is 15.1 Å². The van der Waals surface area contributed by atoms with Crippen molar-refractivity contribution < 1.29 is 18.7 Å². The Morgan fingerprint density at radius 3 is 2.45 bits per heavy atom. The van der Waals surface area contributed by atoms with Gasteiger partial charge in [0.15, 0.2) is 11.5 Å². The summed E-state index contributed by atoms with van der Waals surface area (Å²) in [4.78, 5) is 20.0. The predicted molar refractivity (Wildman–Crippen MR) is 165 cm³/mol. The second kappa shape index (κ2) is 14.1. The van der Waals surface area contributed by atoms with Crippen LogP contribution in [0.4, 0.5) is 10.1 Å². The highest BCUT2D eigenvalue weighted by Crippen LogP contribution is 2.45. The minimum Gasteiger partial charge on any atom is -0.493 e. The molecule has 0 amide bonds. The number of ether oxygens (including phenoxy) is 2. The molecule has 1 unspecified atom stereocenters. The largest absolute Gasteiger partial charge is 0.493 e. The molecule has 0 spiro atoms. The summed E-state index contributed by atoms with van der Waals surface area (Å²) >= 11 is 0. The highest BCUT2D eigenvalue weighted by molar-refractivity contribution is 5.70.